The van der Waals surface area contributed by atoms with Crippen LogP contribution in [0.2, 0.25) is 0 Å². The number of pyridine rings is 2. The van der Waals surface area contributed by atoms with Crippen molar-refractivity contribution in [1.29, 1.82) is 0 Å². The number of hydrogen-bond donors (Lipinski definition) is 0. The number of nitrogens with zero attached hydrogens (tertiary/aromatic N) is 4. The van der Waals surface area contributed by atoms with Crippen molar-refractivity contribution in [2.75, 3.05) is 0 Å². The fourth-order valence-electron chi connectivity index (χ4n) is 18.0. The molecule has 17 aromatic carbocycles. The third-order valence-corrected chi connectivity index (χ3v) is 23.4. The van der Waals surface area contributed by atoms with Crippen LogP contribution in [0.15, 0.2) is 373 Å². The van der Waals surface area contributed by atoms with Crippen molar-refractivity contribution in [2.24, 2.45) is 0 Å². The molecule has 0 fully saturated rings. The Labute approximate surface area is 634 Å². The number of aromatic nitrogens is 4. The van der Waals surface area contributed by atoms with Gasteiger partial charge in [-0.15, -0.1) is 0 Å². The van der Waals surface area contributed by atoms with Crippen molar-refractivity contribution >= 4 is 97.9 Å². The SMILES string of the molecule is CC1(C)c2cc(-c3cccc(-c4ccc5ccc6ccc7nc(-c8cnc9ccccc9c8)oc7c6c5c4)c3)ccc2-c2cc3ccccc3cc21.c1ccc(C2(c3ccccc3)c3ccccc3-c3ccc(-c4cccc(-c5ccc6ccc7ccc8nc(-c9cnc%10ccccc%10c9)oc8c7c6c5)c4)cc32)cc1. The van der Waals surface area contributed by atoms with Crippen molar-refractivity contribution < 1.29 is 8.83 Å². The van der Waals surface area contributed by atoms with Crippen molar-refractivity contribution in [1.82, 2.24) is 19.9 Å². The molecule has 4 heterocycles. The van der Waals surface area contributed by atoms with Gasteiger partial charge in [0, 0.05) is 39.4 Å². The smallest absolute Gasteiger partial charge is 0.228 e. The van der Waals surface area contributed by atoms with Gasteiger partial charge in [0.15, 0.2) is 11.2 Å². The van der Waals surface area contributed by atoms with Gasteiger partial charge >= 0.3 is 0 Å². The lowest BCUT2D eigenvalue weighted by atomic mass is 9.67. The molecule has 4 aromatic heterocycles. The van der Waals surface area contributed by atoms with Crippen LogP contribution >= 0.6 is 0 Å². The first-order valence-electron chi connectivity index (χ1n) is 37.7. The van der Waals surface area contributed by atoms with Crippen molar-refractivity contribution in [3.05, 3.63) is 398 Å². The summed E-state index contributed by atoms with van der Waals surface area (Å²) in [6.45, 7) is 4.72. The first kappa shape index (κ1) is 63.1. The number of fused-ring (bicyclic) bond motifs is 19. The van der Waals surface area contributed by atoms with Crippen LogP contribution < -0.4 is 0 Å². The highest BCUT2D eigenvalue weighted by atomic mass is 16.4. The normalized spacial score (nSPS) is 13.1. The van der Waals surface area contributed by atoms with Crippen LogP contribution in [-0.4, -0.2) is 19.9 Å². The van der Waals surface area contributed by atoms with Gasteiger partial charge in [-0.1, -0.05) is 281 Å². The average molecular weight is 1400 g/mol. The lowest BCUT2D eigenvalue weighted by molar-refractivity contribution is 0.622. The largest absolute Gasteiger partial charge is 0.435 e. The molecule has 0 bridgehead atoms. The molecule has 0 aliphatic heterocycles. The number of para-hydroxylation sites is 2. The second kappa shape index (κ2) is 24.7. The standard InChI is InChI=1S/C55H34N2O.C49H32N2O/c1-3-15-43(16-4-1)55(44-17-5-2-6-18-44)48-20-9-8-19-45(48)46-28-26-40(33-49(46)55)38-14-11-13-37(30-38)39-25-23-35-22-24-36-27-29-51-53(52(36)47(35)32-39)58-54(57-51)42-31-41-12-7-10-21-50(41)56-34-42;1-49(2)42-27-36(18-20-39(42)41-25-33-8-3-4-9-34(33)26-43(41)49)32-12-7-11-31(22-32)35-17-15-29-14-16-30-19-21-45-47(46(30)40(29)24-35)52-48(51-45)38-23-37-10-5-6-13-44(37)50-28-38/h1-34H;3-28H,1-2H3. The maximum atomic E-state index is 6.64. The third-order valence-electron chi connectivity index (χ3n) is 23.4. The van der Waals surface area contributed by atoms with Gasteiger partial charge in [0.05, 0.1) is 27.6 Å². The van der Waals surface area contributed by atoms with Gasteiger partial charge < -0.3 is 8.83 Å². The minimum atomic E-state index is -0.446. The highest BCUT2D eigenvalue weighted by Crippen LogP contribution is 2.57. The first-order chi connectivity index (χ1) is 54.2. The minimum absolute atomic E-state index is 0.0849. The number of oxazole rings is 2. The van der Waals surface area contributed by atoms with E-state index in [1.165, 1.54) is 99.6 Å². The molecule has 6 heteroatoms. The maximum absolute atomic E-state index is 6.64. The number of hydrogen-bond acceptors (Lipinski definition) is 6. The van der Waals surface area contributed by atoms with Gasteiger partial charge in [0.25, 0.3) is 0 Å². The van der Waals surface area contributed by atoms with Crippen LogP contribution in [0.5, 0.6) is 0 Å². The summed E-state index contributed by atoms with van der Waals surface area (Å²) in [6, 6.07) is 127. The van der Waals surface area contributed by atoms with E-state index in [1.54, 1.807) is 0 Å². The molecule has 0 saturated heterocycles. The molecule has 0 saturated carbocycles. The Balaban J connectivity index is 0.000000136. The minimum Gasteiger partial charge on any atom is -0.435 e. The predicted octanol–water partition coefficient (Wildman–Crippen LogP) is 27.2. The highest BCUT2D eigenvalue weighted by Gasteiger charge is 2.46. The summed E-state index contributed by atoms with van der Waals surface area (Å²) in [5.41, 5.74) is 29.0. The van der Waals surface area contributed by atoms with Gasteiger partial charge in [0.2, 0.25) is 11.8 Å². The van der Waals surface area contributed by atoms with E-state index < -0.39 is 5.41 Å². The van der Waals surface area contributed by atoms with Crippen LogP contribution in [-0.2, 0) is 10.8 Å². The Hall–Kier alpha value is -14.2. The molecule has 514 valence electrons. The van der Waals surface area contributed by atoms with Gasteiger partial charge in [-0.05, 0) is 228 Å². The molecular weight excluding hydrogens is 1340 g/mol. The van der Waals surface area contributed by atoms with E-state index in [1.807, 2.05) is 48.8 Å². The first-order valence-corrected chi connectivity index (χ1v) is 37.7. The van der Waals surface area contributed by atoms with Gasteiger partial charge in [0.1, 0.15) is 11.0 Å². The van der Waals surface area contributed by atoms with E-state index in [0.29, 0.717) is 11.8 Å². The van der Waals surface area contributed by atoms with Gasteiger partial charge in [-0.3, -0.25) is 9.97 Å². The summed E-state index contributed by atoms with van der Waals surface area (Å²) < 4.78 is 13.2. The highest BCUT2D eigenvalue weighted by molar-refractivity contribution is 6.20. The Kier molecular flexibility index (Phi) is 14.2. The third kappa shape index (κ3) is 10.0. The summed E-state index contributed by atoms with van der Waals surface area (Å²) in [4.78, 5) is 19.2. The van der Waals surface area contributed by atoms with Crippen molar-refractivity contribution in [3.63, 3.8) is 0 Å². The van der Waals surface area contributed by atoms with Crippen LogP contribution in [0, 0.1) is 0 Å². The summed E-state index contributed by atoms with van der Waals surface area (Å²) in [5, 5.41) is 13.7. The monoisotopic (exact) mass is 1400 g/mol. The Morgan fingerprint density at radius 3 is 1.16 bits per heavy atom. The molecule has 0 unspecified atom stereocenters. The van der Waals surface area contributed by atoms with Gasteiger partial charge in [-0.25, -0.2) is 9.97 Å². The van der Waals surface area contributed by atoms with E-state index in [0.717, 1.165) is 110 Å². The fourth-order valence-corrected chi connectivity index (χ4v) is 18.0. The molecule has 0 N–H and O–H groups in total. The average Bonchev–Trinajstić information content (AvgIpc) is 1.54. The Morgan fingerprint density at radius 2 is 0.627 bits per heavy atom. The van der Waals surface area contributed by atoms with E-state index >= 15 is 0 Å². The molecule has 21 aromatic rings. The quantitative estimate of drug-likeness (QED) is 0.141. The molecular formula is C104H66N4O2. The maximum Gasteiger partial charge on any atom is 0.228 e. The molecule has 0 amide bonds. The predicted molar refractivity (Wildman–Crippen MR) is 454 cm³/mol. The van der Waals surface area contributed by atoms with E-state index in [4.69, 9.17) is 18.8 Å². The summed E-state index contributed by atoms with van der Waals surface area (Å²) in [6.07, 6.45) is 3.70. The molecule has 2 aliphatic rings. The van der Waals surface area contributed by atoms with Gasteiger partial charge in [-0.2, -0.15) is 0 Å². The molecule has 0 spiro atoms. The zero-order valence-corrected chi connectivity index (χ0v) is 60.2. The van der Waals surface area contributed by atoms with Crippen LogP contribution in [0.4, 0.5) is 0 Å². The van der Waals surface area contributed by atoms with Crippen molar-refractivity contribution in [2.45, 2.75) is 24.7 Å². The summed E-state index contributed by atoms with van der Waals surface area (Å²) in [7, 11) is 0. The summed E-state index contributed by atoms with van der Waals surface area (Å²) >= 11 is 0. The molecule has 23 rings (SSSR count). The lowest BCUT2D eigenvalue weighted by Crippen LogP contribution is -2.28. The molecule has 0 atom stereocenters. The van der Waals surface area contributed by atoms with Crippen LogP contribution in [0.25, 0.3) is 188 Å². The second-order valence-corrected chi connectivity index (χ2v) is 30.0. The lowest BCUT2D eigenvalue weighted by Gasteiger charge is -2.34. The van der Waals surface area contributed by atoms with Crippen LogP contribution in [0.1, 0.15) is 47.2 Å². The topological polar surface area (TPSA) is 77.8 Å². The fraction of sp³-hybridized carbons (Fsp3) is 0.0385. The Bertz CT molecular complexity index is 7350. The number of benzene rings is 17. The zero-order valence-electron chi connectivity index (χ0n) is 60.2. The molecule has 2 aliphatic carbocycles. The van der Waals surface area contributed by atoms with E-state index in [2.05, 4.69) is 339 Å². The van der Waals surface area contributed by atoms with Crippen molar-refractivity contribution in [3.8, 4) is 89.7 Å². The summed E-state index contributed by atoms with van der Waals surface area (Å²) in [5.74, 6) is 1.15. The van der Waals surface area contributed by atoms with E-state index in [9.17, 15) is 0 Å². The second-order valence-electron chi connectivity index (χ2n) is 30.0. The van der Waals surface area contributed by atoms with Crippen LogP contribution in [0.3, 0.4) is 0 Å². The zero-order chi connectivity index (χ0) is 72.8. The molecule has 110 heavy (non-hydrogen) atoms. The Morgan fingerprint density at radius 1 is 0.236 bits per heavy atom. The molecule has 0 radical (unpaired) electrons. The number of rotatable bonds is 8. The molecule has 6 nitrogen and oxygen atoms in total. The van der Waals surface area contributed by atoms with E-state index in [-0.39, 0.29) is 5.41 Å².